The van der Waals surface area contributed by atoms with Crippen molar-refractivity contribution < 1.29 is 9.53 Å². The number of nitrogens with one attached hydrogen (secondary N) is 1. The van der Waals surface area contributed by atoms with E-state index in [4.69, 9.17) is 16.3 Å². The maximum atomic E-state index is 12.7. The molecule has 0 aliphatic rings. The van der Waals surface area contributed by atoms with E-state index in [9.17, 15) is 9.59 Å². The smallest absolute Gasteiger partial charge is 0.298 e. The van der Waals surface area contributed by atoms with E-state index in [2.05, 4.69) is 10.3 Å². The Kier molecular flexibility index (Phi) is 4.81. The van der Waals surface area contributed by atoms with E-state index in [1.165, 1.54) is 30.1 Å². The summed E-state index contributed by atoms with van der Waals surface area (Å²) in [5, 5.41) is 2.95. The highest BCUT2D eigenvalue weighted by molar-refractivity contribution is 6.31. The lowest BCUT2D eigenvalue weighted by atomic mass is 10.2. The third-order valence-corrected chi connectivity index (χ3v) is 3.74. The number of methoxy groups -OCH3 is 1. The van der Waals surface area contributed by atoms with Crippen LogP contribution in [-0.4, -0.2) is 22.6 Å². The standard InChI is InChI=1S/C18H14ClN3O3/c1-25-15-8-3-2-7-14(15)22-10-9-20-16(18(22)24)21-17(23)12-5-4-6-13(19)11-12/h2-11H,1H3,(H,20,21,23). The predicted octanol–water partition coefficient (Wildman–Crippen LogP) is 3.15. The molecule has 0 unspecified atom stereocenters. The van der Waals surface area contributed by atoms with Gasteiger partial charge in [-0.25, -0.2) is 4.98 Å². The Hall–Kier alpha value is -3.12. The molecule has 1 heterocycles. The van der Waals surface area contributed by atoms with Crippen LogP contribution in [0.15, 0.2) is 65.7 Å². The van der Waals surface area contributed by atoms with E-state index in [0.29, 0.717) is 22.0 Å². The number of anilines is 1. The summed E-state index contributed by atoms with van der Waals surface area (Å²) in [7, 11) is 1.52. The molecule has 126 valence electrons. The third kappa shape index (κ3) is 3.54. The minimum absolute atomic E-state index is 0.0848. The second-order valence-electron chi connectivity index (χ2n) is 5.09. The summed E-state index contributed by atoms with van der Waals surface area (Å²) >= 11 is 5.89. The van der Waals surface area contributed by atoms with Crippen LogP contribution in [0.25, 0.3) is 5.69 Å². The minimum Gasteiger partial charge on any atom is -0.495 e. The molecule has 0 saturated heterocycles. The van der Waals surface area contributed by atoms with Gasteiger partial charge in [0.25, 0.3) is 11.5 Å². The van der Waals surface area contributed by atoms with Gasteiger partial charge in [0.1, 0.15) is 5.75 Å². The molecule has 2 aromatic carbocycles. The lowest BCUT2D eigenvalue weighted by Gasteiger charge is -2.11. The highest BCUT2D eigenvalue weighted by Gasteiger charge is 2.13. The maximum Gasteiger partial charge on any atom is 0.298 e. The second-order valence-corrected chi connectivity index (χ2v) is 5.52. The highest BCUT2D eigenvalue weighted by Crippen LogP contribution is 2.20. The topological polar surface area (TPSA) is 73.2 Å². The first-order valence-corrected chi connectivity index (χ1v) is 7.76. The van der Waals surface area contributed by atoms with E-state index in [1.54, 1.807) is 42.5 Å². The fourth-order valence-corrected chi connectivity index (χ4v) is 2.52. The van der Waals surface area contributed by atoms with Gasteiger partial charge in [0.2, 0.25) is 0 Å². The molecule has 0 spiro atoms. The first-order chi connectivity index (χ1) is 12.1. The monoisotopic (exact) mass is 355 g/mol. The van der Waals surface area contributed by atoms with Gasteiger partial charge in [-0.3, -0.25) is 14.2 Å². The number of nitrogens with zero attached hydrogens (tertiary/aromatic N) is 2. The fourth-order valence-electron chi connectivity index (χ4n) is 2.33. The predicted molar refractivity (Wildman–Crippen MR) is 95.8 cm³/mol. The lowest BCUT2D eigenvalue weighted by molar-refractivity contribution is 0.102. The van der Waals surface area contributed by atoms with E-state index in [1.807, 2.05) is 0 Å². The van der Waals surface area contributed by atoms with Gasteiger partial charge < -0.3 is 10.1 Å². The maximum absolute atomic E-state index is 12.7. The van der Waals surface area contributed by atoms with Crippen LogP contribution in [0.1, 0.15) is 10.4 Å². The zero-order chi connectivity index (χ0) is 17.8. The molecule has 0 aliphatic carbocycles. The molecule has 3 rings (SSSR count). The van der Waals surface area contributed by atoms with Gasteiger partial charge in [0, 0.05) is 23.0 Å². The van der Waals surface area contributed by atoms with Crippen LogP contribution in [0, 0.1) is 0 Å². The van der Waals surface area contributed by atoms with Crippen LogP contribution in [0.2, 0.25) is 5.02 Å². The molecule has 25 heavy (non-hydrogen) atoms. The molecule has 6 nitrogen and oxygen atoms in total. The summed E-state index contributed by atoms with van der Waals surface area (Å²) in [5.74, 6) is -0.0221. The molecule has 1 aromatic heterocycles. The summed E-state index contributed by atoms with van der Waals surface area (Å²) in [6.07, 6.45) is 2.94. The largest absolute Gasteiger partial charge is 0.495 e. The second kappa shape index (κ2) is 7.19. The van der Waals surface area contributed by atoms with Crippen LogP contribution in [0.5, 0.6) is 5.75 Å². The molecular weight excluding hydrogens is 342 g/mol. The minimum atomic E-state index is -0.470. The van der Waals surface area contributed by atoms with Crippen molar-refractivity contribution in [1.82, 2.24) is 9.55 Å². The fraction of sp³-hybridized carbons (Fsp3) is 0.0556. The molecule has 0 aliphatic heterocycles. The summed E-state index contributed by atoms with van der Waals surface area (Å²) < 4.78 is 6.64. The number of hydrogen-bond acceptors (Lipinski definition) is 4. The SMILES string of the molecule is COc1ccccc1-n1ccnc(NC(=O)c2cccc(Cl)c2)c1=O. The van der Waals surface area contributed by atoms with Crippen molar-refractivity contribution in [3.63, 3.8) is 0 Å². The Morgan fingerprint density at radius 3 is 2.76 bits per heavy atom. The molecule has 3 aromatic rings. The van der Waals surface area contributed by atoms with Crippen LogP contribution in [0.3, 0.4) is 0 Å². The normalized spacial score (nSPS) is 10.3. The molecule has 0 radical (unpaired) electrons. The van der Waals surface area contributed by atoms with E-state index in [0.717, 1.165) is 0 Å². The van der Waals surface area contributed by atoms with Gasteiger partial charge in [-0.15, -0.1) is 0 Å². The van der Waals surface area contributed by atoms with Crippen LogP contribution in [-0.2, 0) is 0 Å². The van der Waals surface area contributed by atoms with Crippen molar-refractivity contribution in [3.05, 3.63) is 81.9 Å². The number of hydrogen-bond donors (Lipinski definition) is 1. The number of benzene rings is 2. The summed E-state index contributed by atoms with van der Waals surface area (Å²) in [5.41, 5.74) is 0.416. The molecule has 1 N–H and O–H groups in total. The zero-order valence-electron chi connectivity index (χ0n) is 13.3. The lowest BCUT2D eigenvalue weighted by Crippen LogP contribution is -2.26. The summed E-state index contributed by atoms with van der Waals surface area (Å²) in [6, 6.07) is 13.5. The van der Waals surface area contributed by atoms with E-state index >= 15 is 0 Å². The zero-order valence-corrected chi connectivity index (χ0v) is 14.0. The van der Waals surface area contributed by atoms with Crippen LogP contribution in [0.4, 0.5) is 5.82 Å². The van der Waals surface area contributed by atoms with Gasteiger partial charge in [0.15, 0.2) is 5.82 Å². The Labute approximate surface area is 148 Å². The third-order valence-electron chi connectivity index (χ3n) is 3.50. The number of carbonyl (C=O) groups excluding carboxylic acids is 1. The first-order valence-electron chi connectivity index (χ1n) is 7.38. The van der Waals surface area contributed by atoms with E-state index in [-0.39, 0.29) is 5.82 Å². The first kappa shape index (κ1) is 16.7. The Balaban J connectivity index is 1.97. The van der Waals surface area contributed by atoms with Gasteiger partial charge in [-0.1, -0.05) is 29.8 Å². The van der Waals surface area contributed by atoms with Crippen molar-refractivity contribution in [1.29, 1.82) is 0 Å². The number of aromatic nitrogens is 2. The van der Waals surface area contributed by atoms with Crippen molar-refractivity contribution in [2.75, 3.05) is 12.4 Å². The summed E-state index contributed by atoms with van der Waals surface area (Å²) in [6.45, 7) is 0. The van der Waals surface area contributed by atoms with Gasteiger partial charge in [-0.05, 0) is 30.3 Å². The van der Waals surface area contributed by atoms with Gasteiger partial charge >= 0.3 is 0 Å². The van der Waals surface area contributed by atoms with Crippen LogP contribution >= 0.6 is 11.6 Å². The van der Waals surface area contributed by atoms with Crippen LogP contribution < -0.4 is 15.6 Å². The van der Waals surface area contributed by atoms with Crippen molar-refractivity contribution in [2.24, 2.45) is 0 Å². The molecular formula is C18H14ClN3O3. The Morgan fingerprint density at radius 1 is 1.20 bits per heavy atom. The van der Waals surface area contributed by atoms with Gasteiger partial charge in [-0.2, -0.15) is 0 Å². The number of rotatable bonds is 4. The molecule has 0 atom stereocenters. The van der Waals surface area contributed by atoms with Crippen molar-refractivity contribution >= 4 is 23.3 Å². The average molecular weight is 356 g/mol. The number of para-hydroxylation sites is 2. The Morgan fingerprint density at radius 2 is 2.00 bits per heavy atom. The number of ether oxygens (including phenoxy) is 1. The summed E-state index contributed by atoms with van der Waals surface area (Å²) in [4.78, 5) is 29.0. The molecule has 0 bridgehead atoms. The highest BCUT2D eigenvalue weighted by atomic mass is 35.5. The average Bonchev–Trinajstić information content (AvgIpc) is 2.63. The molecule has 1 amide bonds. The number of halogens is 1. The molecule has 0 fully saturated rings. The quantitative estimate of drug-likeness (QED) is 0.780. The van der Waals surface area contributed by atoms with Crippen molar-refractivity contribution in [2.45, 2.75) is 0 Å². The van der Waals surface area contributed by atoms with Gasteiger partial charge in [0.05, 0.1) is 12.8 Å². The van der Waals surface area contributed by atoms with E-state index < -0.39 is 11.5 Å². The Bertz CT molecular complexity index is 985. The molecule has 0 saturated carbocycles. The number of carbonyl (C=O) groups is 1. The molecule has 7 heteroatoms. The van der Waals surface area contributed by atoms with Crippen molar-refractivity contribution in [3.8, 4) is 11.4 Å². The number of amides is 1.